The number of quaternary nitrogens is 2. The lowest BCUT2D eigenvalue weighted by atomic mass is 9.84. The molecule has 4 heterocycles. The Bertz CT molecular complexity index is 2650. The normalized spacial score (nSPS) is 18.8. The number of unbranched alkanes of at least 4 members (excludes halogenated alkanes) is 28. The van der Waals surface area contributed by atoms with E-state index in [9.17, 15) is 24.9 Å². The number of aromatic hydroxyl groups is 1. The SMILES string of the molecule is COc1ccc2cc1Oc1ccc(cc1)CC1c3cc(c(OC)cc3CC[N+]1(C)CCCCCCCCCCCCCCCCCC(=O)[O-])Oc1c(O)c(OC)cc3c1C(C2)[N+](C)(CCCCCCCCCCCCCCCCCC(=O)[O-])CC3. The summed E-state index contributed by atoms with van der Waals surface area (Å²) in [5.74, 6) is 2.44. The first-order valence-corrected chi connectivity index (χ1v) is 33.7. The predicted molar refractivity (Wildman–Crippen MR) is 337 cm³/mol. The number of nitrogens with zero attached hydrogens (tertiary/aromatic N) is 2. The Morgan fingerprint density at radius 2 is 0.871 bits per heavy atom. The number of phenols is 1. The molecule has 12 nitrogen and oxygen atoms in total. The molecule has 12 heteroatoms. The van der Waals surface area contributed by atoms with Gasteiger partial charge in [-0.05, 0) is 116 Å². The maximum Gasteiger partial charge on any atom is 0.201 e. The smallest absolute Gasteiger partial charge is 0.201 e. The molecule has 0 radical (unpaired) electrons. The number of likely N-dealkylation sites (N-methyl/N-ethyl adjacent to an activating group) is 2. The number of methoxy groups -OCH3 is 3. The van der Waals surface area contributed by atoms with Crippen LogP contribution >= 0.6 is 0 Å². The summed E-state index contributed by atoms with van der Waals surface area (Å²) in [6, 6.07) is 21.6. The van der Waals surface area contributed by atoms with E-state index in [0.29, 0.717) is 40.9 Å². The third kappa shape index (κ3) is 20.6. The zero-order valence-corrected chi connectivity index (χ0v) is 53.2. The van der Waals surface area contributed by atoms with Crippen LogP contribution in [-0.2, 0) is 35.3 Å². The zero-order valence-electron chi connectivity index (χ0n) is 53.2. The molecule has 470 valence electrons. The van der Waals surface area contributed by atoms with Gasteiger partial charge in [-0.3, -0.25) is 0 Å². The van der Waals surface area contributed by atoms with Crippen molar-refractivity contribution in [1.82, 2.24) is 0 Å². The van der Waals surface area contributed by atoms with Gasteiger partial charge in [0.2, 0.25) is 5.75 Å². The highest BCUT2D eigenvalue weighted by atomic mass is 16.5. The molecule has 6 bridgehead atoms. The Morgan fingerprint density at radius 3 is 1.34 bits per heavy atom. The maximum atomic E-state index is 12.5. The van der Waals surface area contributed by atoms with Crippen LogP contribution in [0.4, 0.5) is 0 Å². The number of carboxylic acids is 2. The average molecular weight is 1170 g/mol. The van der Waals surface area contributed by atoms with Gasteiger partial charge in [0, 0.05) is 43.2 Å². The van der Waals surface area contributed by atoms with Gasteiger partial charge in [0.1, 0.15) is 17.8 Å². The van der Waals surface area contributed by atoms with Gasteiger partial charge >= 0.3 is 0 Å². The molecule has 4 atom stereocenters. The Hall–Kier alpha value is -5.46. The Morgan fingerprint density at radius 1 is 0.471 bits per heavy atom. The van der Waals surface area contributed by atoms with Gasteiger partial charge < -0.3 is 57.6 Å². The third-order valence-corrected chi connectivity index (χ3v) is 19.5. The van der Waals surface area contributed by atoms with Crippen LogP contribution in [0.1, 0.15) is 251 Å². The summed E-state index contributed by atoms with van der Waals surface area (Å²) in [6.07, 6.45) is 39.7. The second-order valence-corrected chi connectivity index (χ2v) is 26.0. The fourth-order valence-electron chi connectivity index (χ4n) is 14.2. The highest BCUT2D eigenvalue weighted by molar-refractivity contribution is 5.65. The molecule has 4 aliphatic heterocycles. The molecular weight excluding hydrogens is 1060 g/mol. The number of carboxylic acid groups (broad SMARTS) is 2. The summed E-state index contributed by atoms with van der Waals surface area (Å²) in [5.41, 5.74) is 7.10. The number of phenolic OH excluding ortho intramolecular Hbond substituents is 1. The van der Waals surface area contributed by atoms with Crippen molar-refractivity contribution in [1.29, 1.82) is 0 Å². The van der Waals surface area contributed by atoms with E-state index in [1.165, 1.54) is 164 Å². The quantitative estimate of drug-likeness (QED) is 0.0338. The number of fused-ring (bicyclic) bond motifs is 2. The number of benzene rings is 4. The molecule has 4 aliphatic rings. The molecule has 85 heavy (non-hydrogen) atoms. The fourth-order valence-corrected chi connectivity index (χ4v) is 14.2. The fraction of sp³-hybridized carbons (Fsp3) is 0.644. The second kappa shape index (κ2) is 35.4. The zero-order chi connectivity index (χ0) is 60.3. The van der Waals surface area contributed by atoms with Gasteiger partial charge in [0.05, 0.1) is 67.2 Å². The van der Waals surface area contributed by atoms with Crippen LogP contribution in [0, 0.1) is 0 Å². The maximum absolute atomic E-state index is 12.5. The molecule has 0 saturated heterocycles. The van der Waals surface area contributed by atoms with Gasteiger partial charge in [-0.1, -0.05) is 172 Å². The van der Waals surface area contributed by atoms with E-state index in [-0.39, 0.29) is 30.7 Å². The molecule has 4 aromatic carbocycles. The number of carbonyl (C=O) groups is 2. The molecule has 0 amide bonds. The van der Waals surface area contributed by atoms with Crippen molar-refractivity contribution >= 4 is 11.9 Å². The minimum atomic E-state index is -0.931. The molecular formula is C73H108N2O10. The summed E-state index contributed by atoms with van der Waals surface area (Å²) in [5, 5.41) is 33.8. The van der Waals surface area contributed by atoms with Crippen molar-refractivity contribution in [2.24, 2.45) is 0 Å². The summed E-state index contributed by atoms with van der Waals surface area (Å²) in [6.45, 7) is 4.07. The minimum absolute atomic E-state index is 0.0145. The van der Waals surface area contributed by atoms with Crippen LogP contribution in [0.25, 0.3) is 0 Å². The second-order valence-electron chi connectivity index (χ2n) is 26.0. The van der Waals surface area contributed by atoms with Gasteiger partial charge in [0.15, 0.2) is 34.5 Å². The Kier molecular flexibility index (Phi) is 27.9. The van der Waals surface area contributed by atoms with Gasteiger partial charge in [-0.2, -0.15) is 0 Å². The van der Waals surface area contributed by atoms with E-state index in [2.05, 4.69) is 62.6 Å². The van der Waals surface area contributed by atoms with E-state index in [1.807, 2.05) is 12.1 Å². The molecule has 0 fully saturated rings. The summed E-state index contributed by atoms with van der Waals surface area (Å²) < 4.78 is 34.0. The number of aliphatic carboxylic acids is 2. The van der Waals surface area contributed by atoms with Gasteiger partial charge in [-0.15, -0.1) is 0 Å². The topological polar surface area (TPSA) is 147 Å². The summed E-state index contributed by atoms with van der Waals surface area (Å²) >= 11 is 0. The molecule has 0 aliphatic carbocycles. The van der Waals surface area contributed by atoms with E-state index >= 15 is 0 Å². The lowest BCUT2D eigenvalue weighted by Crippen LogP contribution is -2.52. The molecule has 8 rings (SSSR count). The first kappa shape index (κ1) is 67.1. The average Bonchev–Trinajstić information content (AvgIpc) is 2.35. The highest BCUT2D eigenvalue weighted by Crippen LogP contribution is 2.53. The first-order valence-electron chi connectivity index (χ1n) is 33.7. The van der Waals surface area contributed by atoms with E-state index in [1.54, 1.807) is 21.3 Å². The van der Waals surface area contributed by atoms with Crippen molar-refractivity contribution < 1.29 is 57.6 Å². The molecule has 4 unspecified atom stereocenters. The van der Waals surface area contributed by atoms with Gasteiger partial charge in [-0.25, -0.2) is 0 Å². The number of ether oxygens (including phenoxy) is 5. The van der Waals surface area contributed by atoms with Crippen LogP contribution in [0.5, 0.6) is 46.0 Å². The molecule has 1 N–H and O–H groups in total. The molecule has 4 aromatic rings. The van der Waals surface area contributed by atoms with Crippen LogP contribution < -0.4 is 33.9 Å². The number of hydrogen-bond acceptors (Lipinski definition) is 10. The van der Waals surface area contributed by atoms with Crippen LogP contribution in [-0.4, -0.2) is 87.6 Å². The first-order chi connectivity index (χ1) is 41.3. The van der Waals surface area contributed by atoms with Crippen LogP contribution in [0.3, 0.4) is 0 Å². The summed E-state index contributed by atoms with van der Waals surface area (Å²) in [7, 11) is 9.94. The van der Waals surface area contributed by atoms with E-state index < -0.39 is 11.9 Å². The van der Waals surface area contributed by atoms with Crippen molar-refractivity contribution in [2.75, 3.05) is 61.6 Å². The van der Waals surface area contributed by atoms with Crippen molar-refractivity contribution in [3.63, 3.8) is 0 Å². The van der Waals surface area contributed by atoms with Crippen molar-refractivity contribution in [3.8, 4) is 46.0 Å². The van der Waals surface area contributed by atoms with Crippen LogP contribution in [0.15, 0.2) is 60.7 Å². The largest absolute Gasteiger partial charge is 0.550 e. The lowest BCUT2D eigenvalue weighted by molar-refractivity contribution is -0.941. The van der Waals surface area contributed by atoms with Crippen molar-refractivity contribution in [2.45, 2.75) is 243 Å². The highest BCUT2D eigenvalue weighted by Gasteiger charge is 2.44. The minimum Gasteiger partial charge on any atom is -0.550 e. The molecule has 0 aromatic heterocycles. The summed E-state index contributed by atoms with van der Waals surface area (Å²) in [4.78, 5) is 21.3. The molecule has 0 saturated carbocycles. The lowest BCUT2D eigenvalue weighted by Gasteiger charge is -2.47. The Labute approximate surface area is 512 Å². The van der Waals surface area contributed by atoms with E-state index in [4.69, 9.17) is 23.7 Å². The number of carbonyl (C=O) groups excluding carboxylic acids is 2. The predicted octanol–water partition coefficient (Wildman–Crippen LogP) is 15.9. The molecule has 0 spiro atoms. The van der Waals surface area contributed by atoms with Gasteiger partial charge in [0.25, 0.3) is 0 Å². The standard InChI is InChI=1S/C73H108N2O10/c1-74(46-34-30-26-22-18-14-10-6-8-12-16-20-24-28-32-36-69(76)77)48-44-58-53-65(82-4)67-55-61(58)62(74)50-56-38-41-60(42-39-56)84-66-52-57(40-43-64(66)81-3)51-63-71-59(54-68(83-5)72(80)73(71)85-67)45-49-75(63,2)47-35-31-27-23-19-15-11-7-9-13-17-21-25-29-33-37-70(78)79/h38-43,52-55,62-63H,6-37,44-51H2,1-5H3,(H-2,76,77,78,79,80). The van der Waals surface area contributed by atoms with Crippen LogP contribution in [0.2, 0.25) is 0 Å². The van der Waals surface area contributed by atoms with E-state index in [0.717, 1.165) is 122 Å². The monoisotopic (exact) mass is 1170 g/mol. The van der Waals surface area contributed by atoms with Crippen molar-refractivity contribution in [3.05, 3.63) is 94.0 Å². The Balaban J connectivity index is 1.04. The number of hydrogen-bond donors (Lipinski definition) is 1. The third-order valence-electron chi connectivity index (χ3n) is 19.5. The number of rotatable bonds is 39.